The molecule has 0 radical (unpaired) electrons. The summed E-state index contributed by atoms with van der Waals surface area (Å²) in [6.07, 6.45) is 2.24. The molecule has 0 saturated carbocycles. The molecule has 1 rings (SSSR count). The van der Waals surface area contributed by atoms with Gasteiger partial charge in [-0.1, -0.05) is 0 Å². The molecular weight excluding hydrogens is 204 g/mol. The van der Waals surface area contributed by atoms with Gasteiger partial charge >= 0.3 is 0 Å². The molecule has 0 aliphatic rings. The largest absolute Gasteiger partial charge is 0.395 e. The smallest absolute Gasteiger partial charge is 0.180 e. The van der Waals surface area contributed by atoms with Crippen LogP contribution in [-0.2, 0) is 0 Å². The summed E-state index contributed by atoms with van der Waals surface area (Å²) in [5.74, 6) is 0.119. The van der Waals surface area contributed by atoms with E-state index in [1.807, 2.05) is 6.07 Å². The Kier molecular flexibility index (Phi) is 5.22. The van der Waals surface area contributed by atoms with Gasteiger partial charge in [0.1, 0.15) is 0 Å². The maximum atomic E-state index is 11.7. The van der Waals surface area contributed by atoms with Gasteiger partial charge in [-0.2, -0.15) is 0 Å². The number of nitrogens with one attached hydrogen (secondary N) is 1. The van der Waals surface area contributed by atoms with Crippen LogP contribution in [0.2, 0.25) is 0 Å². The van der Waals surface area contributed by atoms with Crippen molar-refractivity contribution in [3.63, 3.8) is 0 Å². The second-order valence-electron chi connectivity index (χ2n) is 4.11. The Labute approximate surface area is 96.3 Å². The number of rotatable bonds is 7. The molecule has 1 aromatic heterocycles. The number of carbonyl (C=O) groups excluding carboxylic acids is 1. The van der Waals surface area contributed by atoms with Crippen LogP contribution in [0.15, 0.2) is 18.3 Å². The van der Waals surface area contributed by atoms with Crippen molar-refractivity contribution in [3.05, 3.63) is 24.0 Å². The Morgan fingerprint density at radius 1 is 1.50 bits per heavy atom. The molecule has 4 nitrogen and oxygen atoms in total. The van der Waals surface area contributed by atoms with Gasteiger partial charge in [0.2, 0.25) is 0 Å². The first-order chi connectivity index (χ1) is 7.65. The van der Waals surface area contributed by atoms with Crippen molar-refractivity contribution in [2.45, 2.75) is 26.3 Å². The first-order valence-corrected chi connectivity index (χ1v) is 5.66. The number of hydrogen-bond donors (Lipinski definition) is 2. The molecule has 0 aromatic carbocycles. The van der Waals surface area contributed by atoms with E-state index in [0.717, 1.165) is 0 Å². The lowest BCUT2D eigenvalue weighted by atomic mass is 10.2. The molecule has 90 valence electrons. The second kappa shape index (κ2) is 6.45. The number of aliphatic hydroxyl groups is 1. The summed E-state index contributed by atoms with van der Waals surface area (Å²) in [5.41, 5.74) is 0.660. The van der Waals surface area contributed by atoms with Gasteiger partial charge in [-0.3, -0.25) is 9.69 Å². The van der Waals surface area contributed by atoms with Crippen molar-refractivity contribution in [2.75, 3.05) is 19.7 Å². The zero-order chi connectivity index (χ0) is 12.0. The van der Waals surface area contributed by atoms with E-state index < -0.39 is 0 Å². The standard InChI is InChI=1S/C12H20N2O2/c1-10(2)14(8-9-15)7-5-12(16)11-4-3-6-13-11/h3-4,6,10,13,15H,5,7-9H2,1-2H3. The summed E-state index contributed by atoms with van der Waals surface area (Å²) < 4.78 is 0. The molecule has 0 bridgehead atoms. The molecular formula is C12H20N2O2. The van der Waals surface area contributed by atoms with E-state index in [4.69, 9.17) is 5.11 Å². The number of ketones is 1. The van der Waals surface area contributed by atoms with Gasteiger partial charge in [0.15, 0.2) is 5.78 Å². The Bertz CT molecular complexity index is 307. The first kappa shape index (κ1) is 12.9. The maximum absolute atomic E-state index is 11.7. The fourth-order valence-corrected chi connectivity index (χ4v) is 1.64. The van der Waals surface area contributed by atoms with Gasteiger partial charge < -0.3 is 10.1 Å². The molecule has 0 amide bonds. The number of Topliss-reactive ketones (excluding diaryl/α,β-unsaturated/α-hetero) is 1. The average molecular weight is 224 g/mol. The van der Waals surface area contributed by atoms with Gasteiger partial charge in [-0.05, 0) is 26.0 Å². The minimum atomic E-state index is 0.119. The molecule has 0 spiro atoms. The van der Waals surface area contributed by atoms with Crippen LogP contribution in [0.1, 0.15) is 30.8 Å². The van der Waals surface area contributed by atoms with E-state index in [0.29, 0.717) is 31.2 Å². The van der Waals surface area contributed by atoms with Crippen molar-refractivity contribution in [1.29, 1.82) is 0 Å². The topological polar surface area (TPSA) is 56.3 Å². The molecule has 0 aliphatic heterocycles. The third-order valence-electron chi connectivity index (χ3n) is 2.64. The van der Waals surface area contributed by atoms with Crippen molar-refractivity contribution < 1.29 is 9.90 Å². The highest BCUT2D eigenvalue weighted by Gasteiger charge is 2.12. The van der Waals surface area contributed by atoms with Gasteiger partial charge in [0.05, 0.1) is 12.3 Å². The zero-order valence-corrected chi connectivity index (χ0v) is 9.94. The number of aliphatic hydroxyl groups excluding tert-OH is 1. The normalized spacial score (nSPS) is 11.3. The fourth-order valence-electron chi connectivity index (χ4n) is 1.64. The minimum Gasteiger partial charge on any atom is -0.395 e. The van der Waals surface area contributed by atoms with Crippen LogP contribution in [0.3, 0.4) is 0 Å². The lowest BCUT2D eigenvalue weighted by Gasteiger charge is -2.24. The molecule has 0 aliphatic carbocycles. The van der Waals surface area contributed by atoms with E-state index >= 15 is 0 Å². The Morgan fingerprint density at radius 3 is 2.75 bits per heavy atom. The average Bonchev–Trinajstić information content (AvgIpc) is 2.76. The number of hydrogen-bond acceptors (Lipinski definition) is 3. The molecule has 0 unspecified atom stereocenters. The number of nitrogens with zero attached hydrogens (tertiary/aromatic N) is 1. The quantitative estimate of drug-likeness (QED) is 0.686. The number of aromatic amines is 1. The van der Waals surface area contributed by atoms with Crippen molar-refractivity contribution in [2.24, 2.45) is 0 Å². The maximum Gasteiger partial charge on any atom is 0.180 e. The van der Waals surface area contributed by atoms with E-state index in [1.165, 1.54) is 0 Å². The van der Waals surface area contributed by atoms with E-state index in [1.54, 1.807) is 12.3 Å². The monoisotopic (exact) mass is 224 g/mol. The van der Waals surface area contributed by atoms with Crippen LogP contribution < -0.4 is 0 Å². The highest BCUT2D eigenvalue weighted by atomic mass is 16.3. The molecule has 0 atom stereocenters. The number of aromatic nitrogens is 1. The van der Waals surface area contributed by atoms with Crippen LogP contribution in [-0.4, -0.2) is 46.5 Å². The summed E-state index contributed by atoms with van der Waals surface area (Å²) in [6, 6.07) is 3.96. The fraction of sp³-hybridized carbons (Fsp3) is 0.583. The zero-order valence-electron chi connectivity index (χ0n) is 9.94. The number of carbonyl (C=O) groups is 1. The SMILES string of the molecule is CC(C)N(CCO)CCC(=O)c1ccc[nH]1. The Balaban J connectivity index is 2.40. The number of H-pyrrole nitrogens is 1. The summed E-state index contributed by atoms with van der Waals surface area (Å²) >= 11 is 0. The molecule has 0 saturated heterocycles. The highest BCUT2D eigenvalue weighted by Crippen LogP contribution is 2.04. The lowest BCUT2D eigenvalue weighted by Crippen LogP contribution is -2.35. The predicted molar refractivity (Wildman–Crippen MR) is 63.5 cm³/mol. The van der Waals surface area contributed by atoms with Crippen molar-refractivity contribution in [1.82, 2.24) is 9.88 Å². The predicted octanol–water partition coefficient (Wildman–Crippen LogP) is 1.29. The summed E-state index contributed by atoms with van der Waals surface area (Å²) in [5, 5.41) is 8.90. The molecule has 4 heteroatoms. The molecule has 16 heavy (non-hydrogen) atoms. The van der Waals surface area contributed by atoms with Gasteiger partial charge in [0.25, 0.3) is 0 Å². The Hall–Kier alpha value is -1.13. The van der Waals surface area contributed by atoms with Crippen molar-refractivity contribution >= 4 is 5.78 Å². The summed E-state index contributed by atoms with van der Waals surface area (Å²) in [7, 11) is 0. The second-order valence-corrected chi connectivity index (χ2v) is 4.11. The van der Waals surface area contributed by atoms with E-state index in [-0.39, 0.29) is 12.4 Å². The molecule has 2 N–H and O–H groups in total. The third-order valence-corrected chi connectivity index (χ3v) is 2.64. The van der Waals surface area contributed by atoms with Gasteiger partial charge in [-0.25, -0.2) is 0 Å². The Morgan fingerprint density at radius 2 is 2.25 bits per heavy atom. The van der Waals surface area contributed by atoms with E-state index in [2.05, 4.69) is 23.7 Å². The van der Waals surface area contributed by atoms with Crippen LogP contribution in [0.25, 0.3) is 0 Å². The van der Waals surface area contributed by atoms with Crippen LogP contribution in [0.4, 0.5) is 0 Å². The van der Waals surface area contributed by atoms with Crippen LogP contribution in [0, 0.1) is 0 Å². The van der Waals surface area contributed by atoms with E-state index in [9.17, 15) is 4.79 Å². The van der Waals surface area contributed by atoms with Gasteiger partial charge in [0, 0.05) is 31.7 Å². The lowest BCUT2D eigenvalue weighted by molar-refractivity contribution is 0.0939. The van der Waals surface area contributed by atoms with Crippen LogP contribution in [0.5, 0.6) is 0 Å². The molecule has 1 heterocycles. The molecule has 0 fully saturated rings. The van der Waals surface area contributed by atoms with Crippen LogP contribution >= 0.6 is 0 Å². The minimum absolute atomic E-state index is 0.119. The van der Waals surface area contributed by atoms with Gasteiger partial charge in [-0.15, -0.1) is 0 Å². The first-order valence-electron chi connectivity index (χ1n) is 5.66. The molecule has 1 aromatic rings. The third kappa shape index (κ3) is 3.79. The summed E-state index contributed by atoms with van der Waals surface area (Å²) in [4.78, 5) is 16.7. The summed E-state index contributed by atoms with van der Waals surface area (Å²) in [6.45, 7) is 5.57. The highest BCUT2D eigenvalue weighted by molar-refractivity contribution is 5.94. The van der Waals surface area contributed by atoms with Crippen molar-refractivity contribution in [3.8, 4) is 0 Å².